The van der Waals surface area contributed by atoms with Crippen LogP contribution in [0.4, 0.5) is 0 Å². The molecule has 100 valence electrons. The van der Waals surface area contributed by atoms with Gasteiger partial charge in [-0.25, -0.2) is 9.97 Å². The van der Waals surface area contributed by atoms with Crippen LogP contribution in [-0.2, 0) is 4.74 Å². The summed E-state index contributed by atoms with van der Waals surface area (Å²) in [6, 6.07) is 4.33. The highest BCUT2D eigenvalue weighted by Gasteiger charge is 2.29. The molecule has 0 amide bonds. The van der Waals surface area contributed by atoms with E-state index in [1.165, 1.54) is 6.42 Å². The molecule has 2 fully saturated rings. The van der Waals surface area contributed by atoms with Crippen molar-refractivity contribution >= 4 is 11.2 Å². The second-order valence-electron chi connectivity index (χ2n) is 5.30. The van der Waals surface area contributed by atoms with Gasteiger partial charge in [0.2, 0.25) is 0 Å². The van der Waals surface area contributed by atoms with Crippen molar-refractivity contribution in [1.82, 2.24) is 19.9 Å². The molecule has 2 aromatic heterocycles. The van der Waals surface area contributed by atoms with Crippen LogP contribution in [0.25, 0.3) is 11.2 Å². The van der Waals surface area contributed by atoms with E-state index < -0.39 is 0 Å². The van der Waals surface area contributed by atoms with E-state index in [-0.39, 0.29) is 6.23 Å². The lowest BCUT2D eigenvalue weighted by Gasteiger charge is -2.18. The zero-order valence-electron chi connectivity index (χ0n) is 10.9. The number of aromatic nitrogens is 3. The minimum atomic E-state index is 0.109. The third kappa shape index (κ3) is 1.84. The summed E-state index contributed by atoms with van der Waals surface area (Å²) in [5.74, 6) is 1.10. The molecule has 5 heteroatoms. The third-order valence-electron chi connectivity index (χ3n) is 4.04. The summed E-state index contributed by atoms with van der Waals surface area (Å²) < 4.78 is 8.07. The first-order valence-corrected chi connectivity index (χ1v) is 7.11. The van der Waals surface area contributed by atoms with Crippen LogP contribution in [0.15, 0.2) is 18.3 Å². The van der Waals surface area contributed by atoms with Crippen LogP contribution in [0.1, 0.15) is 43.8 Å². The van der Waals surface area contributed by atoms with Gasteiger partial charge in [-0.15, -0.1) is 0 Å². The number of hydrogen-bond donors (Lipinski definition) is 1. The zero-order chi connectivity index (χ0) is 12.7. The van der Waals surface area contributed by atoms with Gasteiger partial charge < -0.3 is 10.1 Å². The predicted octanol–water partition coefficient (Wildman–Crippen LogP) is 2.16. The summed E-state index contributed by atoms with van der Waals surface area (Å²) in [7, 11) is 0. The van der Waals surface area contributed by atoms with Crippen LogP contribution in [0.5, 0.6) is 0 Å². The van der Waals surface area contributed by atoms with Gasteiger partial charge in [0, 0.05) is 12.8 Å². The van der Waals surface area contributed by atoms with Gasteiger partial charge in [0.1, 0.15) is 17.6 Å². The normalized spacial score (nSPS) is 27.4. The molecule has 0 aromatic carbocycles. The summed E-state index contributed by atoms with van der Waals surface area (Å²) in [5.41, 5.74) is 1.93. The number of ether oxygens (including phenoxy) is 1. The van der Waals surface area contributed by atoms with E-state index in [0.717, 1.165) is 49.4 Å². The second kappa shape index (κ2) is 4.58. The van der Waals surface area contributed by atoms with Crippen LogP contribution in [-0.4, -0.2) is 27.7 Å². The molecule has 0 aliphatic carbocycles. The fourth-order valence-corrected chi connectivity index (χ4v) is 3.15. The third-order valence-corrected chi connectivity index (χ3v) is 4.04. The molecule has 1 N–H and O–H groups in total. The van der Waals surface area contributed by atoms with Crippen LogP contribution in [0, 0.1) is 0 Å². The smallest absolute Gasteiger partial charge is 0.162 e. The number of hydrogen-bond acceptors (Lipinski definition) is 4. The maximum Gasteiger partial charge on any atom is 0.162 e. The summed E-state index contributed by atoms with van der Waals surface area (Å²) in [5, 5.41) is 3.53. The molecule has 2 aliphatic heterocycles. The number of imidazole rings is 1. The highest BCUT2D eigenvalue weighted by molar-refractivity contribution is 5.71. The first-order valence-electron chi connectivity index (χ1n) is 7.11. The molecular formula is C14H18N4O. The van der Waals surface area contributed by atoms with Crippen molar-refractivity contribution in [1.29, 1.82) is 0 Å². The van der Waals surface area contributed by atoms with E-state index in [4.69, 9.17) is 9.72 Å². The molecule has 0 spiro atoms. The Labute approximate surface area is 112 Å². The van der Waals surface area contributed by atoms with Gasteiger partial charge in [0.05, 0.1) is 6.04 Å². The van der Waals surface area contributed by atoms with Gasteiger partial charge in [0.15, 0.2) is 5.65 Å². The Morgan fingerprint density at radius 2 is 2.32 bits per heavy atom. The fraction of sp³-hybridized carbons (Fsp3) is 0.571. The molecule has 2 aliphatic rings. The molecule has 0 radical (unpaired) electrons. The highest BCUT2D eigenvalue weighted by atomic mass is 16.5. The minimum Gasteiger partial charge on any atom is -0.358 e. The highest BCUT2D eigenvalue weighted by Crippen LogP contribution is 2.32. The Kier molecular flexibility index (Phi) is 2.74. The monoisotopic (exact) mass is 258 g/mol. The van der Waals surface area contributed by atoms with Gasteiger partial charge in [-0.2, -0.15) is 0 Å². The molecule has 0 bridgehead atoms. The largest absolute Gasteiger partial charge is 0.358 e. The Balaban J connectivity index is 1.87. The van der Waals surface area contributed by atoms with E-state index in [0.29, 0.717) is 6.04 Å². The van der Waals surface area contributed by atoms with Crippen molar-refractivity contribution in [3.63, 3.8) is 0 Å². The number of rotatable bonds is 2. The van der Waals surface area contributed by atoms with Gasteiger partial charge in [0.25, 0.3) is 0 Å². The lowest BCUT2D eigenvalue weighted by atomic mass is 10.2. The molecule has 19 heavy (non-hydrogen) atoms. The van der Waals surface area contributed by atoms with Crippen LogP contribution < -0.4 is 5.32 Å². The fourth-order valence-electron chi connectivity index (χ4n) is 3.15. The average Bonchev–Trinajstić information content (AvgIpc) is 3.17. The minimum absolute atomic E-state index is 0.109. The molecule has 2 saturated heterocycles. The van der Waals surface area contributed by atoms with E-state index >= 15 is 0 Å². The van der Waals surface area contributed by atoms with Crippen LogP contribution in [0.3, 0.4) is 0 Å². The summed E-state index contributed by atoms with van der Waals surface area (Å²) >= 11 is 0. The number of nitrogens with one attached hydrogen (secondary N) is 1. The number of fused-ring (bicyclic) bond motifs is 1. The molecular weight excluding hydrogens is 240 g/mol. The molecule has 5 nitrogen and oxygen atoms in total. The Morgan fingerprint density at radius 3 is 3.11 bits per heavy atom. The summed E-state index contributed by atoms with van der Waals surface area (Å²) in [6.45, 7) is 1.92. The Hall–Kier alpha value is -1.46. The van der Waals surface area contributed by atoms with Crippen LogP contribution in [0.2, 0.25) is 0 Å². The quantitative estimate of drug-likeness (QED) is 0.897. The standard InChI is InChI=1S/C14H18N4O/c1-4-10(15-7-1)14-17-11-5-2-8-16-13(11)18(14)12-6-3-9-19-12/h2,5,8,10,12,15H,1,3-4,6-7,9H2. The lowest BCUT2D eigenvalue weighted by Crippen LogP contribution is -2.20. The van der Waals surface area contributed by atoms with Gasteiger partial charge in [-0.1, -0.05) is 0 Å². The van der Waals surface area contributed by atoms with E-state index in [1.54, 1.807) is 0 Å². The zero-order valence-corrected chi connectivity index (χ0v) is 10.9. The van der Waals surface area contributed by atoms with Crippen molar-refractivity contribution < 1.29 is 4.74 Å². The van der Waals surface area contributed by atoms with E-state index in [9.17, 15) is 0 Å². The molecule has 0 saturated carbocycles. The van der Waals surface area contributed by atoms with Crippen LogP contribution >= 0.6 is 0 Å². The second-order valence-corrected chi connectivity index (χ2v) is 5.30. The Morgan fingerprint density at radius 1 is 1.32 bits per heavy atom. The van der Waals surface area contributed by atoms with Gasteiger partial charge in [-0.05, 0) is 44.4 Å². The van der Waals surface area contributed by atoms with Crippen molar-refractivity contribution in [2.45, 2.75) is 38.0 Å². The average molecular weight is 258 g/mol. The topological polar surface area (TPSA) is 52.0 Å². The van der Waals surface area contributed by atoms with E-state index in [2.05, 4.69) is 14.9 Å². The molecule has 2 atom stereocenters. The van der Waals surface area contributed by atoms with Crippen molar-refractivity contribution in [3.05, 3.63) is 24.2 Å². The number of nitrogens with zero attached hydrogens (tertiary/aromatic N) is 3. The predicted molar refractivity (Wildman–Crippen MR) is 71.7 cm³/mol. The first-order chi connectivity index (χ1) is 9.43. The first kappa shape index (κ1) is 11.4. The van der Waals surface area contributed by atoms with E-state index in [1.807, 2.05) is 18.3 Å². The number of pyridine rings is 1. The molecule has 2 aromatic rings. The SMILES string of the molecule is c1cnc2c(c1)nc(C1CCCN1)n2C1CCCO1. The summed E-state index contributed by atoms with van der Waals surface area (Å²) in [4.78, 5) is 9.31. The molecule has 4 heterocycles. The maximum atomic E-state index is 5.86. The Bertz CT molecular complexity index is 582. The molecule has 4 rings (SSSR count). The van der Waals surface area contributed by atoms with Gasteiger partial charge in [-0.3, -0.25) is 4.57 Å². The van der Waals surface area contributed by atoms with Crippen molar-refractivity contribution in [2.24, 2.45) is 0 Å². The molecule has 2 unspecified atom stereocenters. The van der Waals surface area contributed by atoms with Crippen molar-refractivity contribution in [2.75, 3.05) is 13.2 Å². The van der Waals surface area contributed by atoms with Crippen molar-refractivity contribution in [3.8, 4) is 0 Å². The summed E-state index contributed by atoms with van der Waals surface area (Å²) in [6.07, 6.45) is 6.48. The lowest BCUT2D eigenvalue weighted by molar-refractivity contribution is 0.0560. The maximum absolute atomic E-state index is 5.86. The van der Waals surface area contributed by atoms with Gasteiger partial charge >= 0.3 is 0 Å².